The number of ether oxygens (including phenoxy) is 1. The van der Waals surface area contributed by atoms with E-state index in [0.29, 0.717) is 17.9 Å². The summed E-state index contributed by atoms with van der Waals surface area (Å²) in [6.07, 6.45) is 0.742. The Morgan fingerprint density at radius 1 is 1.36 bits per heavy atom. The lowest BCUT2D eigenvalue weighted by Crippen LogP contribution is -2.11. The summed E-state index contributed by atoms with van der Waals surface area (Å²) >= 11 is 0.745. The number of sulfonamides is 1. The Hall–Kier alpha value is -2.06. The van der Waals surface area contributed by atoms with Gasteiger partial charge in [0, 0.05) is 12.1 Å². The number of aryl methyl sites for hydroxylation is 1. The second kappa shape index (κ2) is 5.29. The van der Waals surface area contributed by atoms with E-state index in [-0.39, 0.29) is 9.09 Å². The Morgan fingerprint density at radius 2 is 2.14 bits per heavy atom. The van der Waals surface area contributed by atoms with Crippen LogP contribution in [0.2, 0.25) is 0 Å². The summed E-state index contributed by atoms with van der Waals surface area (Å²) in [6, 6.07) is 6.45. The molecule has 0 radical (unpaired) electrons. The van der Waals surface area contributed by atoms with E-state index in [1.54, 1.807) is 25.1 Å². The summed E-state index contributed by atoms with van der Waals surface area (Å²) in [5.41, 5.74) is 1.82. The Morgan fingerprint density at radius 3 is 2.82 bits per heavy atom. The predicted octanol–water partition coefficient (Wildman–Crippen LogP) is 2.49. The standard InChI is InChI=1S/C14H13NO5S2/c1-8-6-12(21-13(8)14(16)17)22(18,19)15-10-2-3-11-9(7-10)4-5-20-11/h2-3,6-7,15H,4-5H2,1H3,(H,16,17). The first-order chi connectivity index (χ1) is 10.4. The molecule has 6 nitrogen and oxygen atoms in total. The number of carboxylic acid groups (broad SMARTS) is 1. The van der Waals surface area contributed by atoms with Crippen molar-refractivity contribution in [2.75, 3.05) is 11.3 Å². The zero-order valence-electron chi connectivity index (χ0n) is 11.6. The number of hydrogen-bond donors (Lipinski definition) is 2. The third kappa shape index (κ3) is 2.67. The number of nitrogens with one attached hydrogen (secondary N) is 1. The molecule has 0 unspecified atom stereocenters. The molecule has 0 atom stereocenters. The van der Waals surface area contributed by atoms with Crippen LogP contribution in [0.5, 0.6) is 5.75 Å². The number of aromatic carboxylic acids is 1. The Bertz CT molecular complexity index is 854. The van der Waals surface area contributed by atoms with Gasteiger partial charge in [-0.25, -0.2) is 13.2 Å². The number of carboxylic acids is 1. The van der Waals surface area contributed by atoms with Crippen LogP contribution in [0.4, 0.5) is 5.69 Å². The summed E-state index contributed by atoms with van der Waals surface area (Å²) < 4.78 is 32.6. The fraction of sp³-hybridized carbons (Fsp3) is 0.214. The molecule has 1 aromatic heterocycles. The third-order valence-corrected chi connectivity index (χ3v) is 6.38. The van der Waals surface area contributed by atoms with Gasteiger partial charge in [0.1, 0.15) is 14.8 Å². The van der Waals surface area contributed by atoms with Gasteiger partial charge in [-0.05, 0) is 42.3 Å². The topological polar surface area (TPSA) is 92.7 Å². The minimum absolute atomic E-state index is 0.0147. The van der Waals surface area contributed by atoms with Gasteiger partial charge in [0.05, 0.1) is 6.61 Å². The molecule has 8 heteroatoms. The van der Waals surface area contributed by atoms with Crippen molar-refractivity contribution in [3.05, 3.63) is 40.3 Å². The van der Waals surface area contributed by atoms with Gasteiger partial charge in [-0.2, -0.15) is 0 Å². The maximum absolute atomic E-state index is 12.4. The van der Waals surface area contributed by atoms with Crippen LogP contribution >= 0.6 is 11.3 Å². The molecule has 1 aliphatic heterocycles. The fourth-order valence-electron chi connectivity index (χ4n) is 2.25. The number of rotatable bonds is 4. The van der Waals surface area contributed by atoms with E-state index in [1.165, 1.54) is 6.07 Å². The number of thiophene rings is 1. The second-order valence-electron chi connectivity index (χ2n) is 4.91. The van der Waals surface area contributed by atoms with Gasteiger partial charge in [0.2, 0.25) is 0 Å². The molecule has 1 aliphatic rings. The number of hydrogen-bond acceptors (Lipinski definition) is 5. The van der Waals surface area contributed by atoms with E-state index in [1.807, 2.05) is 0 Å². The van der Waals surface area contributed by atoms with E-state index in [9.17, 15) is 13.2 Å². The lowest BCUT2D eigenvalue weighted by atomic mass is 10.1. The van der Waals surface area contributed by atoms with Crippen molar-refractivity contribution in [1.82, 2.24) is 0 Å². The van der Waals surface area contributed by atoms with Crippen molar-refractivity contribution in [3.63, 3.8) is 0 Å². The van der Waals surface area contributed by atoms with Crippen molar-refractivity contribution >= 4 is 33.0 Å². The van der Waals surface area contributed by atoms with E-state index < -0.39 is 16.0 Å². The molecule has 2 aromatic rings. The molecule has 0 aliphatic carbocycles. The molecule has 0 saturated heterocycles. The molecule has 0 bridgehead atoms. The van der Waals surface area contributed by atoms with Gasteiger partial charge >= 0.3 is 5.97 Å². The van der Waals surface area contributed by atoms with Gasteiger partial charge in [0.15, 0.2) is 0 Å². The van der Waals surface area contributed by atoms with Crippen LogP contribution in [-0.2, 0) is 16.4 Å². The molecular formula is C14H13NO5S2. The smallest absolute Gasteiger partial charge is 0.346 e. The average Bonchev–Trinajstić information content (AvgIpc) is 3.04. The Labute approximate surface area is 131 Å². The second-order valence-corrected chi connectivity index (χ2v) is 7.87. The Balaban J connectivity index is 1.90. The monoisotopic (exact) mass is 339 g/mol. The summed E-state index contributed by atoms with van der Waals surface area (Å²) in [4.78, 5) is 11.1. The van der Waals surface area contributed by atoms with Crippen molar-refractivity contribution in [1.29, 1.82) is 0 Å². The summed E-state index contributed by atoms with van der Waals surface area (Å²) in [5.74, 6) is -0.360. The molecule has 0 spiro atoms. The van der Waals surface area contributed by atoms with Gasteiger partial charge in [-0.15, -0.1) is 11.3 Å². The van der Waals surface area contributed by atoms with Crippen molar-refractivity contribution in [2.24, 2.45) is 0 Å². The zero-order chi connectivity index (χ0) is 15.9. The molecule has 116 valence electrons. The molecule has 0 saturated carbocycles. The quantitative estimate of drug-likeness (QED) is 0.893. The highest BCUT2D eigenvalue weighted by atomic mass is 32.2. The van der Waals surface area contributed by atoms with Crippen molar-refractivity contribution < 1.29 is 23.1 Å². The Kier molecular flexibility index (Phi) is 3.57. The molecular weight excluding hydrogens is 326 g/mol. The van der Waals surface area contributed by atoms with Gasteiger partial charge in [-0.3, -0.25) is 4.72 Å². The van der Waals surface area contributed by atoms with Crippen molar-refractivity contribution in [3.8, 4) is 5.75 Å². The highest BCUT2D eigenvalue weighted by Gasteiger charge is 2.22. The highest BCUT2D eigenvalue weighted by Crippen LogP contribution is 2.31. The lowest BCUT2D eigenvalue weighted by Gasteiger charge is -2.07. The molecule has 1 aromatic carbocycles. The summed E-state index contributed by atoms with van der Waals surface area (Å²) in [5, 5.41) is 9.02. The minimum Gasteiger partial charge on any atom is -0.493 e. The normalized spacial score (nSPS) is 13.5. The highest BCUT2D eigenvalue weighted by molar-refractivity contribution is 7.94. The van der Waals surface area contributed by atoms with E-state index in [2.05, 4.69) is 4.72 Å². The predicted molar refractivity (Wildman–Crippen MR) is 82.5 cm³/mol. The zero-order valence-corrected chi connectivity index (χ0v) is 13.3. The number of benzene rings is 1. The van der Waals surface area contributed by atoms with Crippen molar-refractivity contribution in [2.45, 2.75) is 17.6 Å². The van der Waals surface area contributed by atoms with E-state index >= 15 is 0 Å². The van der Waals surface area contributed by atoms with Crippen LogP contribution in [0.25, 0.3) is 0 Å². The largest absolute Gasteiger partial charge is 0.493 e. The lowest BCUT2D eigenvalue weighted by molar-refractivity contribution is 0.0701. The molecule has 3 rings (SSSR count). The van der Waals surface area contributed by atoms with Gasteiger partial charge < -0.3 is 9.84 Å². The van der Waals surface area contributed by atoms with Crippen LogP contribution < -0.4 is 9.46 Å². The SMILES string of the molecule is Cc1cc(S(=O)(=O)Nc2ccc3c(c2)CCO3)sc1C(=O)O. The van der Waals surface area contributed by atoms with E-state index in [4.69, 9.17) is 9.84 Å². The van der Waals surface area contributed by atoms with Gasteiger partial charge in [0.25, 0.3) is 10.0 Å². The van der Waals surface area contributed by atoms with Crippen LogP contribution in [0.15, 0.2) is 28.5 Å². The molecule has 22 heavy (non-hydrogen) atoms. The molecule has 2 heterocycles. The summed E-state index contributed by atoms with van der Waals surface area (Å²) in [6.45, 7) is 2.17. The maximum atomic E-state index is 12.4. The summed E-state index contributed by atoms with van der Waals surface area (Å²) in [7, 11) is -3.80. The molecule has 2 N–H and O–H groups in total. The fourth-order valence-corrected chi connectivity index (χ4v) is 4.68. The first kappa shape index (κ1) is 14.9. The third-order valence-electron chi connectivity index (χ3n) is 3.30. The molecule has 0 amide bonds. The minimum atomic E-state index is -3.80. The number of fused-ring (bicyclic) bond motifs is 1. The van der Waals surface area contributed by atoms with Crippen LogP contribution in [0, 0.1) is 6.92 Å². The van der Waals surface area contributed by atoms with Crippen LogP contribution in [0.1, 0.15) is 20.8 Å². The first-order valence-corrected chi connectivity index (χ1v) is 8.79. The number of anilines is 1. The molecule has 0 fully saturated rings. The number of carbonyl (C=O) groups is 1. The van der Waals surface area contributed by atoms with Crippen LogP contribution in [0.3, 0.4) is 0 Å². The first-order valence-electron chi connectivity index (χ1n) is 6.49. The average molecular weight is 339 g/mol. The van der Waals surface area contributed by atoms with Crippen LogP contribution in [-0.4, -0.2) is 26.1 Å². The van der Waals surface area contributed by atoms with E-state index in [0.717, 1.165) is 29.1 Å². The van der Waals surface area contributed by atoms with Gasteiger partial charge in [-0.1, -0.05) is 0 Å². The maximum Gasteiger partial charge on any atom is 0.346 e.